The van der Waals surface area contributed by atoms with Gasteiger partial charge in [-0.25, -0.2) is 9.97 Å². The van der Waals surface area contributed by atoms with E-state index in [9.17, 15) is 4.79 Å². The van der Waals surface area contributed by atoms with Crippen LogP contribution in [0, 0.1) is 0 Å². The SMILES string of the molecule is Cn1ncc2c(N3CC(S)CC3=O)ncnc21. The summed E-state index contributed by atoms with van der Waals surface area (Å²) >= 11 is 4.33. The summed E-state index contributed by atoms with van der Waals surface area (Å²) in [6.07, 6.45) is 3.59. The summed E-state index contributed by atoms with van der Waals surface area (Å²) in [6, 6.07) is 0. The molecule has 6 nitrogen and oxygen atoms in total. The predicted octanol–water partition coefficient (Wildman–Crippen LogP) is 0.398. The van der Waals surface area contributed by atoms with Crippen LogP contribution in [-0.2, 0) is 11.8 Å². The van der Waals surface area contributed by atoms with Crippen molar-refractivity contribution in [3.05, 3.63) is 12.5 Å². The van der Waals surface area contributed by atoms with Gasteiger partial charge in [-0.15, -0.1) is 0 Å². The van der Waals surface area contributed by atoms with Gasteiger partial charge in [-0.05, 0) is 0 Å². The van der Waals surface area contributed by atoms with E-state index in [0.717, 1.165) is 11.0 Å². The highest BCUT2D eigenvalue weighted by atomic mass is 32.1. The smallest absolute Gasteiger partial charge is 0.229 e. The Kier molecular flexibility index (Phi) is 2.29. The van der Waals surface area contributed by atoms with Crippen LogP contribution in [0.4, 0.5) is 5.82 Å². The van der Waals surface area contributed by atoms with E-state index in [1.165, 1.54) is 6.33 Å². The molecule has 1 amide bonds. The molecule has 0 saturated carbocycles. The highest BCUT2D eigenvalue weighted by Gasteiger charge is 2.30. The molecule has 1 saturated heterocycles. The van der Waals surface area contributed by atoms with Gasteiger partial charge in [-0.2, -0.15) is 17.7 Å². The van der Waals surface area contributed by atoms with Crippen LogP contribution in [0.2, 0.25) is 0 Å². The van der Waals surface area contributed by atoms with E-state index in [4.69, 9.17) is 0 Å². The van der Waals surface area contributed by atoms with Crippen molar-refractivity contribution < 1.29 is 4.79 Å². The fourth-order valence-electron chi connectivity index (χ4n) is 2.06. The lowest BCUT2D eigenvalue weighted by Gasteiger charge is -2.14. The molecule has 2 aromatic heterocycles. The molecule has 88 valence electrons. The Morgan fingerprint density at radius 3 is 3.00 bits per heavy atom. The topological polar surface area (TPSA) is 63.9 Å². The number of fused-ring (bicyclic) bond motifs is 1. The summed E-state index contributed by atoms with van der Waals surface area (Å²) in [5, 5.41) is 5.00. The molecule has 1 atom stereocenters. The molecule has 0 spiro atoms. The second kappa shape index (κ2) is 3.69. The quantitative estimate of drug-likeness (QED) is 0.743. The molecule has 0 radical (unpaired) electrons. The fraction of sp³-hybridized carbons (Fsp3) is 0.400. The number of aryl methyl sites for hydroxylation is 1. The fourth-order valence-corrected chi connectivity index (χ4v) is 2.38. The third-order valence-corrected chi connectivity index (χ3v) is 3.21. The summed E-state index contributed by atoms with van der Waals surface area (Å²) in [6.45, 7) is 0.586. The average Bonchev–Trinajstić information content (AvgIpc) is 2.83. The molecule has 7 heteroatoms. The maximum atomic E-state index is 11.8. The first-order chi connectivity index (χ1) is 8.16. The van der Waals surface area contributed by atoms with Crippen molar-refractivity contribution in [2.75, 3.05) is 11.4 Å². The molecule has 1 aliphatic rings. The van der Waals surface area contributed by atoms with Crippen molar-refractivity contribution in [1.82, 2.24) is 19.7 Å². The van der Waals surface area contributed by atoms with Crippen molar-refractivity contribution in [2.45, 2.75) is 11.7 Å². The highest BCUT2D eigenvalue weighted by Crippen LogP contribution is 2.27. The van der Waals surface area contributed by atoms with Crippen LogP contribution in [0.25, 0.3) is 11.0 Å². The Morgan fingerprint density at radius 1 is 1.47 bits per heavy atom. The minimum atomic E-state index is 0.0499. The van der Waals surface area contributed by atoms with Gasteiger partial charge in [0.15, 0.2) is 5.65 Å². The molecule has 3 rings (SSSR count). The first-order valence-electron chi connectivity index (χ1n) is 5.28. The first kappa shape index (κ1) is 10.5. The van der Waals surface area contributed by atoms with Gasteiger partial charge in [0.2, 0.25) is 5.91 Å². The zero-order valence-corrected chi connectivity index (χ0v) is 10.1. The zero-order valence-electron chi connectivity index (χ0n) is 9.24. The minimum Gasteiger partial charge on any atom is -0.295 e. The molecular formula is C10H11N5OS. The number of carbonyl (C=O) groups is 1. The van der Waals surface area contributed by atoms with E-state index in [1.54, 1.807) is 15.8 Å². The molecule has 0 N–H and O–H groups in total. The zero-order chi connectivity index (χ0) is 12.0. The lowest BCUT2D eigenvalue weighted by atomic mass is 10.3. The van der Waals surface area contributed by atoms with Gasteiger partial charge in [0.05, 0.1) is 11.6 Å². The van der Waals surface area contributed by atoms with Gasteiger partial charge < -0.3 is 0 Å². The van der Waals surface area contributed by atoms with Crippen LogP contribution in [0.1, 0.15) is 6.42 Å². The highest BCUT2D eigenvalue weighted by molar-refractivity contribution is 7.81. The maximum Gasteiger partial charge on any atom is 0.229 e. The number of nitrogens with zero attached hydrogens (tertiary/aromatic N) is 5. The monoisotopic (exact) mass is 249 g/mol. The van der Waals surface area contributed by atoms with Crippen molar-refractivity contribution in [3.8, 4) is 0 Å². The summed E-state index contributed by atoms with van der Waals surface area (Å²) in [4.78, 5) is 21.8. The van der Waals surface area contributed by atoms with Gasteiger partial charge in [-0.1, -0.05) is 0 Å². The van der Waals surface area contributed by atoms with Crippen molar-refractivity contribution >= 4 is 35.4 Å². The third kappa shape index (κ3) is 1.57. The molecule has 17 heavy (non-hydrogen) atoms. The van der Waals surface area contributed by atoms with Gasteiger partial charge in [0.25, 0.3) is 0 Å². The first-order valence-corrected chi connectivity index (χ1v) is 5.79. The van der Waals surface area contributed by atoms with E-state index in [-0.39, 0.29) is 11.2 Å². The Balaban J connectivity index is 2.14. The number of thiol groups is 1. The van der Waals surface area contributed by atoms with Crippen LogP contribution >= 0.6 is 12.6 Å². The van der Waals surface area contributed by atoms with Gasteiger partial charge in [0, 0.05) is 25.3 Å². The minimum absolute atomic E-state index is 0.0499. The second-order valence-electron chi connectivity index (χ2n) is 4.07. The standard InChI is InChI=1S/C10H11N5OS/c1-14-9-7(3-13-14)10(12-5-11-9)15-4-6(17)2-8(15)16/h3,5-6,17H,2,4H2,1H3. The van der Waals surface area contributed by atoms with E-state index in [1.807, 2.05) is 7.05 Å². The molecule has 0 aromatic carbocycles. The summed E-state index contributed by atoms with van der Waals surface area (Å²) < 4.78 is 1.67. The molecule has 1 fully saturated rings. The molecular weight excluding hydrogens is 238 g/mol. The Bertz CT molecular complexity index is 595. The predicted molar refractivity (Wildman–Crippen MR) is 66.0 cm³/mol. The molecule has 2 aromatic rings. The van der Waals surface area contributed by atoms with Gasteiger partial charge in [0.1, 0.15) is 12.1 Å². The van der Waals surface area contributed by atoms with E-state index < -0.39 is 0 Å². The van der Waals surface area contributed by atoms with E-state index in [0.29, 0.717) is 18.8 Å². The van der Waals surface area contributed by atoms with Crippen molar-refractivity contribution in [1.29, 1.82) is 0 Å². The summed E-state index contributed by atoms with van der Waals surface area (Å²) in [5.74, 6) is 0.679. The number of carbonyl (C=O) groups excluding carboxylic acids is 1. The molecule has 1 unspecified atom stereocenters. The largest absolute Gasteiger partial charge is 0.295 e. The Labute approximate surface area is 103 Å². The number of hydrogen-bond donors (Lipinski definition) is 1. The Morgan fingerprint density at radius 2 is 2.29 bits per heavy atom. The van der Waals surface area contributed by atoms with Crippen molar-refractivity contribution in [3.63, 3.8) is 0 Å². The average molecular weight is 249 g/mol. The number of aromatic nitrogens is 4. The molecule has 1 aliphatic heterocycles. The van der Waals surface area contributed by atoms with Crippen LogP contribution in [-0.4, -0.2) is 37.5 Å². The summed E-state index contributed by atoms with van der Waals surface area (Å²) in [7, 11) is 1.81. The Hall–Kier alpha value is -1.63. The number of anilines is 1. The number of rotatable bonds is 1. The second-order valence-corrected chi connectivity index (χ2v) is 4.80. The lowest BCUT2D eigenvalue weighted by molar-refractivity contribution is -0.117. The van der Waals surface area contributed by atoms with Gasteiger partial charge in [-0.3, -0.25) is 14.4 Å². The van der Waals surface area contributed by atoms with Crippen LogP contribution in [0.5, 0.6) is 0 Å². The lowest BCUT2D eigenvalue weighted by Crippen LogP contribution is -2.25. The van der Waals surface area contributed by atoms with E-state index in [2.05, 4.69) is 27.7 Å². The molecule has 0 aliphatic carbocycles. The van der Waals surface area contributed by atoms with Crippen molar-refractivity contribution in [2.24, 2.45) is 7.05 Å². The normalized spacial score (nSPS) is 20.5. The molecule has 0 bridgehead atoms. The van der Waals surface area contributed by atoms with E-state index >= 15 is 0 Å². The van der Waals surface area contributed by atoms with Crippen LogP contribution < -0.4 is 4.90 Å². The number of amides is 1. The van der Waals surface area contributed by atoms with Crippen LogP contribution in [0.3, 0.4) is 0 Å². The maximum absolute atomic E-state index is 11.8. The molecule has 3 heterocycles. The number of hydrogen-bond acceptors (Lipinski definition) is 5. The summed E-state index contributed by atoms with van der Waals surface area (Å²) in [5.41, 5.74) is 0.727. The van der Waals surface area contributed by atoms with Gasteiger partial charge >= 0.3 is 0 Å². The third-order valence-electron chi connectivity index (χ3n) is 2.87. The van der Waals surface area contributed by atoms with Crippen LogP contribution in [0.15, 0.2) is 12.5 Å².